The summed E-state index contributed by atoms with van der Waals surface area (Å²) in [5.41, 5.74) is 3.22. The number of aromatic nitrogens is 1. The highest BCUT2D eigenvalue weighted by atomic mass is 32.9. The van der Waals surface area contributed by atoms with E-state index in [1.54, 1.807) is 121 Å². The van der Waals surface area contributed by atoms with Gasteiger partial charge >= 0.3 is 23.9 Å². The second-order valence-corrected chi connectivity index (χ2v) is 16.2. The fourth-order valence-electron chi connectivity index (χ4n) is 6.77. The third kappa shape index (κ3) is 10.3. The van der Waals surface area contributed by atoms with Crippen molar-refractivity contribution in [2.75, 3.05) is 6.61 Å². The Hall–Kier alpha value is -7.26. The molecule has 6 aromatic carbocycles. The number of esters is 4. The van der Waals surface area contributed by atoms with Crippen LogP contribution in [-0.2, 0) is 23.7 Å². The summed E-state index contributed by atoms with van der Waals surface area (Å²) in [7, 11) is 2.65. The zero-order valence-electron chi connectivity index (χ0n) is 33.7. The average Bonchev–Trinajstić information content (AvgIpc) is 3.72. The SMILES string of the molecule is Cc1ccccc1-n1c(=Nc2ccccc2)ss/c1=N/[C@@H]1O[C@H](COC(=O)c2ccccc2)[C@@H](OC(=O)c2ccccc2)[C@H](OC(=O)c2ccccc2)[C@H]1OC(=O)c1ccccc1. The standard InChI is InChI=1S/C49H39N3O9S2/c1-32-19-17-18-30-38(32)52-48(50-37-28-15-6-16-29-37)62-63-49(52)51-43-42(61-47(56)36-26-13-5-14-27-36)41(60-46(55)35-24-11-4-12-25-35)40(59-45(54)34-22-9-3-10-23-34)39(58-43)31-57-44(53)33-20-7-2-8-21-33/h2-30,39-43H,31H2,1H3/b50-48?,51-49+/t39-,40-,41+,42-,43-/m1/s1. The highest BCUT2D eigenvalue weighted by Crippen LogP contribution is 2.32. The smallest absolute Gasteiger partial charge is 0.338 e. The number of benzene rings is 6. The molecule has 7 aromatic rings. The number of ether oxygens (including phenoxy) is 5. The molecule has 0 radical (unpaired) electrons. The number of carbonyl (C=O) groups excluding carboxylic acids is 4. The number of hydrogen-bond acceptors (Lipinski definition) is 13. The van der Waals surface area contributed by atoms with E-state index < -0.39 is 61.1 Å². The van der Waals surface area contributed by atoms with E-state index in [1.807, 2.05) is 66.1 Å². The number of para-hydroxylation sites is 2. The van der Waals surface area contributed by atoms with Crippen molar-refractivity contribution in [1.82, 2.24) is 4.57 Å². The van der Waals surface area contributed by atoms with E-state index in [4.69, 9.17) is 33.7 Å². The first-order chi connectivity index (χ1) is 30.8. The predicted molar refractivity (Wildman–Crippen MR) is 236 cm³/mol. The quantitative estimate of drug-likeness (QED) is 0.0673. The molecule has 0 unspecified atom stereocenters. The summed E-state index contributed by atoms with van der Waals surface area (Å²) in [6, 6.07) is 50.2. The predicted octanol–water partition coefficient (Wildman–Crippen LogP) is 8.30. The van der Waals surface area contributed by atoms with Crippen LogP contribution >= 0.6 is 20.7 Å². The van der Waals surface area contributed by atoms with Crippen molar-refractivity contribution in [3.05, 3.63) is 213 Å². The Morgan fingerprint density at radius 3 is 1.48 bits per heavy atom. The lowest BCUT2D eigenvalue weighted by molar-refractivity contribution is -0.227. The van der Waals surface area contributed by atoms with Crippen LogP contribution in [0.15, 0.2) is 186 Å². The zero-order chi connectivity index (χ0) is 43.5. The first kappa shape index (κ1) is 42.4. The molecule has 1 saturated heterocycles. The van der Waals surface area contributed by atoms with Gasteiger partial charge in [0.25, 0.3) is 0 Å². The molecule has 1 aliphatic heterocycles. The van der Waals surface area contributed by atoms with Gasteiger partial charge in [-0.25, -0.2) is 29.2 Å². The van der Waals surface area contributed by atoms with Gasteiger partial charge in [-0.3, -0.25) is 4.57 Å². The van der Waals surface area contributed by atoms with Crippen LogP contribution in [0.4, 0.5) is 5.69 Å². The Kier molecular flexibility index (Phi) is 13.5. The molecule has 5 atom stereocenters. The van der Waals surface area contributed by atoms with Crippen molar-refractivity contribution >= 4 is 50.2 Å². The molecule has 0 spiro atoms. The molecular formula is C49H39N3O9S2. The fourth-order valence-corrected chi connectivity index (χ4v) is 8.92. The van der Waals surface area contributed by atoms with E-state index >= 15 is 0 Å². The van der Waals surface area contributed by atoms with Gasteiger partial charge in [0.2, 0.25) is 9.60 Å². The monoisotopic (exact) mass is 877 g/mol. The van der Waals surface area contributed by atoms with Crippen molar-refractivity contribution in [3.8, 4) is 5.69 Å². The third-order valence-corrected chi connectivity index (χ3v) is 12.0. The van der Waals surface area contributed by atoms with Crippen molar-refractivity contribution in [2.45, 2.75) is 37.6 Å². The lowest BCUT2D eigenvalue weighted by atomic mass is 9.97. The molecular weight excluding hydrogens is 839 g/mol. The number of rotatable bonds is 12. The van der Waals surface area contributed by atoms with Crippen molar-refractivity contribution in [2.24, 2.45) is 9.98 Å². The summed E-state index contributed by atoms with van der Waals surface area (Å²) in [5, 5.41) is 0. The summed E-state index contributed by atoms with van der Waals surface area (Å²) >= 11 is 0. The van der Waals surface area contributed by atoms with E-state index in [2.05, 4.69) is 0 Å². The Bertz CT molecular complexity index is 2820. The van der Waals surface area contributed by atoms with Gasteiger partial charge in [0.1, 0.15) is 12.7 Å². The molecule has 63 heavy (non-hydrogen) atoms. The maximum Gasteiger partial charge on any atom is 0.338 e. The van der Waals surface area contributed by atoms with Crippen LogP contribution in [0.1, 0.15) is 47.0 Å². The van der Waals surface area contributed by atoms with E-state index in [-0.39, 0.29) is 22.3 Å². The summed E-state index contributed by atoms with van der Waals surface area (Å²) in [6.07, 6.45) is -7.36. The molecule has 0 amide bonds. The molecule has 0 bridgehead atoms. The number of hydrogen-bond donors (Lipinski definition) is 0. The average molecular weight is 878 g/mol. The summed E-state index contributed by atoms with van der Waals surface area (Å²) < 4.78 is 33.2. The molecule has 1 fully saturated rings. The van der Waals surface area contributed by atoms with Gasteiger partial charge in [0.05, 0.1) is 33.6 Å². The third-order valence-electron chi connectivity index (χ3n) is 9.90. The van der Waals surface area contributed by atoms with Crippen LogP contribution in [-0.4, -0.2) is 65.7 Å². The molecule has 1 aromatic heterocycles. The molecule has 8 rings (SSSR count). The normalized spacial score (nSPS) is 18.8. The molecule has 12 nitrogen and oxygen atoms in total. The lowest BCUT2D eigenvalue weighted by Crippen LogP contribution is -2.62. The Labute approximate surface area is 369 Å². The van der Waals surface area contributed by atoms with Crippen LogP contribution in [0.5, 0.6) is 0 Å². The van der Waals surface area contributed by atoms with E-state index in [9.17, 15) is 19.2 Å². The van der Waals surface area contributed by atoms with Crippen molar-refractivity contribution in [1.29, 1.82) is 0 Å². The van der Waals surface area contributed by atoms with Crippen LogP contribution in [0.2, 0.25) is 0 Å². The minimum absolute atomic E-state index is 0.176. The van der Waals surface area contributed by atoms with E-state index in [0.717, 1.165) is 11.3 Å². The van der Waals surface area contributed by atoms with Crippen LogP contribution < -0.4 is 9.60 Å². The fraction of sp³-hybridized carbons (Fsp3) is 0.143. The summed E-state index contributed by atoms with van der Waals surface area (Å²) in [6.45, 7) is 1.48. The van der Waals surface area contributed by atoms with Gasteiger partial charge in [-0.15, -0.1) is 0 Å². The van der Waals surface area contributed by atoms with Crippen LogP contribution in [0.3, 0.4) is 0 Å². The topological polar surface area (TPSA) is 144 Å². The number of aryl methyl sites for hydroxylation is 1. The first-order valence-corrected chi connectivity index (χ1v) is 22.0. The highest BCUT2D eigenvalue weighted by Gasteiger charge is 2.53. The van der Waals surface area contributed by atoms with Crippen LogP contribution in [0.25, 0.3) is 5.69 Å². The largest absolute Gasteiger partial charge is 0.459 e. The molecule has 316 valence electrons. The van der Waals surface area contributed by atoms with Gasteiger partial charge in [-0.05, 0) is 99.9 Å². The molecule has 0 N–H and O–H groups in total. The molecule has 0 aliphatic carbocycles. The number of carbonyl (C=O) groups is 4. The van der Waals surface area contributed by atoms with Gasteiger partial charge in [-0.1, -0.05) is 109 Å². The van der Waals surface area contributed by atoms with Crippen molar-refractivity contribution < 1.29 is 42.9 Å². The van der Waals surface area contributed by atoms with Crippen molar-refractivity contribution in [3.63, 3.8) is 0 Å². The molecule has 14 heteroatoms. The molecule has 0 saturated carbocycles. The Morgan fingerprint density at radius 2 is 0.952 bits per heavy atom. The second kappa shape index (κ2) is 20.1. The second-order valence-electron chi connectivity index (χ2n) is 14.2. The number of nitrogens with zero attached hydrogens (tertiary/aromatic N) is 3. The molecule has 1 aliphatic rings. The Morgan fingerprint density at radius 1 is 0.524 bits per heavy atom. The van der Waals surface area contributed by atoms with Gasteiger partial charge in [0, 0.05) is 0 Å². The van der Waals surface area contributed by atoms with E-state index in [0.29, 0.717) is 15.3 Å². The summed E-state index contributed by atoms with van der Waals surface area (Å²) in [4.78, 5) is 66.7. The zero-order valence-corrected chi connectivity index (χ0v) is 35.3. The summed E-state index contributed by atoms with van der Waals surface area (Å²) in [5.74, 6) is -3.06. The molecule has 2 heterocycles. The minimum Gasteiger partial charge on any atom is -0.459 e. The van der Waals surface area contributed by atoms with E-state index in [1.165, 1.54) is 20.7 Å². The Balaban J connectivity index is 1.30. The minimum atomic E-state index is -1.56. The lowest BCUT2D eigenvalue weighted by Gasteiger charge is -2.43. The first-order valence-electron chi connectivity index (χ1n) is 19.9. The maximum absolute atomic E-state index is 14.1. The maximum atomic E-state index is 14.1. The van der Waals surface area contributed by atoms with Gasteiger partial charge < -0.3 is 23.7 Å². The van der Waals surface area contributed by atoms with Gasteiger partial charge in [0.15, 0.2) is 24.5 Å². The highest BCUT2D eigenvalue weighted by molar-refractivity contribution is 7.67. The van der Waals surface area contributed by atoms with Gasteiger partial charge in [-0.2, -0.15) is 0 Å². The van der Waals surface area contributed by atoms with Crippen LogP contribution in [0, 0.1) is 6.92 Å².